The molecule has 0 fully saturated rings. The average Bonchev–Trinajstić information content (AvgIpc) is 2.24. The molecule has 0 bridgehead atoms. The van der Waals surface area contributed by atoms with Crippen molar-refractivity contribution in [2.45, 2.75) is 6.42 Å². The van der Waals surface area contributed by atoms with Gasteiger partial charge in [0, 0.05) is 0 Å². The molecular formula is C10H7Cl2N3O. The molecule has 1 aromatic carbocycles. The van der Waals surface area contributed by atoms with Crippen LogP contribution in [0.25, 0.3) is 0 Å². The molecule has 0 aliphatic heterocycles. The third-order valence-corrected chi connectivity index (χ3v) is 2.33. The second kappa shape index (κ2) is 6.11. The molecule has 0 saturated heterocycles. The Labute approximate surface area is 102 Å². The van der Waals surface area contributed by atoms with E-state index in [0.29, 0.717) is 15.6 Å². The van der Waals surface area contributed by atoms with Crippen molar-refractivity contribution in [3.8, 4) is 6.07 Å². The van der Waals surface area contributed by atoms with E-state index in [1.165, 1.54) is 6.21 Å². The van der Waals surface area contributed by atoms with Gasteiger partial charge < -0.3 is 0 Å². The molecule has 1 rings (SSSR count). The van der Waals surface area contributed by atoms with Crippen LogP contribution < -0.4 is 5.43 Å². The summed E-state index contributed by atoms with van der Waals surface area (Å²) in [5.41, 5.74) is 2.90. The van der Waals surface area contributed by atoms with Crippen molar-refractivity contribution < 1.29 is 4.79 Å². The first-order chi connectivity index (χ1) is 7.63. The van der Waals surface area contributed by atoms with Crippen LogP contribution in [0.3, 0.4) is 0 Å². The van der Waals surface area contributed by atoms with Gasteiger partial charge in [-0.1, -0.05) is 29.3 Å². The Morgan fingerprint density at radius 1 is 1.50 bits per heavy atom. The van der Waals surface area contributed by atoms with Gasteiger partial charge >= 0.3 is 0 Å². The van der Waals surface area contributed by atoms with Crippen LogP contribution in [0.4, 0.5) is 0 Å². The molecule has 0 heterocycles. The number of carbonyl (C=O) groups excluding carboxylic acids is 1. The highest BCUT2D eigenvalue weighted by Gasteiger charge is 1.98. The molecule has 6 heteroatoms. The minimum absolute atomic E-state index is 0.223. The van der Waals surface area contributed by atoms with E-state index < -0.39 is 5.91 Å². The van der Waals surface area contributed by atoms with Crippen molar-refractivity contribution >= 4 is 35.3 Å². The minimum atomic E-state index is -0.459. The third kappa shape index (κ3) is 3.89. The number of rotatable bonds is 3. The number of nitriles is 1. The maximum atomic E-state index is 10.9. The summed E-state index contributed by atoms with van der Waals surface area (Å²) in [6.45, 7) is 0. The van der Waals surface area contributed by atoms with Crippen LogP contribution in [0, 0.1) is 11.3 Å². The first-order valence-corrected chi connectivity index (χ1v) is 5.03. The smallest absolute Gasteiger partial charge is 0.254 e. The van der Waals surface area contributed by atoms with Gasteiger partial charge in [0.15, 0.2) is 0 Å². The van der Waals surface area contributed by atoms with Gasteiger partial charge in [-0.3, -0.25) is 4.79 Å². The number of halogens is 2. The Kier molecular flexibility index (Phi) is 4.77. The molecular weight excluding hydrogens is 249 g/mol. The monoisotopic (exact) mass is 255 g/mol. The zero-order valence-electron chi connectivity index (χ0n) is 8.08. The summed E-state index contributed by atoms with van der Waals surface area (Å²) in [5, 5.41) is 12.7. The van der Waals surface area contributed by atoms with E-state index in [1.54, 1.807) is 24.3 Å². The van der Waals surface area contributed by atoms with Gasteiger partial charge in [-0.15, -0.1) is 0 Å². The van der Waals surface area contributed by atoms with Gasteiger partial charge in [-0.2, -0.15) is 10.4 Å². The fourth-order valence-corrected chi connectivity index (χ4v) is 1.19. The molecule has 0 unspecified atom stereocenters. The second-order valence-corrected chi connectivity index (χ2v) is 3.62. The predicted octanol–water partition coefficient (Wildman–Crippen LogP) is 2.36. The van der Waals surface area contributed by atoms with Crippen LogP contribution in [-0.4, -0.2) is 12.1 Å². The lowest BCUT2D eigenvalue weighted by Gasteiger charge is -1.97. The van der Waals surface area contributed by atoms with Crippen LogP contribution >= 0.6 is 23.2 Å². The number of hydrogen-bond donors (Lipinski definition) is 1. The SMILES string of the molecule is N#CCC(=O)N/N=C\c1ccc(Cl)c(Cl)c1. The van der Waals surface area contributed by atoms with Crippen molar-refractivity contribution in [2.24, 2.45) is 5.10 Å². The maximum Gasteiger partial charge on any atom is 0.254 e. The molecule has 0 saturated carbocycles. The molecule has 0 radical (unpaired) electrons. The van der Waals surface area contributed by atoms with Crippen molar-refractivity contribution in [1.82, 2.24) is 5.43 Å². The Hall–Kier alpha value is -1.57. The molecule has 82 valence electrons. The van der Waals surface area contributed by atoms with E-state index >= 15 is 0 Å². The average molecular weight is 256 g/mol. The van der Waals surface area contributed by atoms with E-state index in [2.05, 4.69) is 10.5 Å². The van der Waals surface area contributed by atoms with Gasteiger partial charge in [0.05, 0.1) is 22.3 Å². The quantitative estimate of drug-likeness (QED) is 0.666. The summed E-state index contributed by atoms with van der Waals surface area (Å²) < 4.78 is 0. The molecule has 0 aliphatic rings. The summed E-state index contributed by atoms with van der Waals surface area (Å²) in [4.78, 5) is 10.9. The fourth-order valence-electron chi connectivity index (χ4n) is 0.883. The summed E-state index contributed by atoms with van der Waals surface area (Å²) in [5.74, 6) is -0.459. The topological polar surface area (TPSA) is 65.2 Å². The molecule has 1 amide bonds. The van der Waals surface area contributed by atoms with E-state index in [9.17, 15) is 4.79 Å². The molecule has 0 aromatic heterocycles. The summed E-state index contributed by atoms with van der Waals surface area (Å²) >= 11 is 11.5. The lowest BCUT2D eigenvalue weighted by atomic mass is 10.2. The number of carbonyl (C=O) groups is 1. The lowest BCUT2D eigenvalue weighted by Crippen LogP contribution is -2.16. The van der Waals surface area contributed by atoms with Gasteiger partial charge in [-0.25, -0.2) is 5.43 Å². The number of hydrazone groups is 1. The Morgan fingerprint density at radius 3 is 2.88 bits per heavy atom. The number of benzene rings is 1. The normalized spacial score (nSPS) is 10.1. The third-order valence-electron chi connectivity index (χ3n) is 1.59. The minimum Gasteiger partial charge on any atom is -0.272 e. The van der Waals surface area contributed by atoms with E-state index in [1.807, 2.05) is 0 Å². The fraction of sp³-hybridized carbons (Fsp3) is 0.100. The number of nitrogens with one attached hydrogen (secondary N) is 1. The molecule has 0 atom stereocenters. The Morgan fingerprint density at radius 2 is 2.25 bits per heavy atom. The van der Waals surface area contributed by atoms with E-state index in [-0.39, 0.29) is 6.42 Å². The largest absolute Gasteiger partial charge is 0.272 e. The number of amides is 1. The van der Waals surface area contributed by atoms with Crippen molar-refractivity contribution in [3.05, 3.63) is 33.8 Å². The highest BCUT2D eigenvalue weighted by atomic mass is 35.5. The highest BCUT2D eigenvalue weighted by molar-refractivity contribution is 6.42. The second-order valence-electron chi connectivity index (χ2n) is 2.80. The lowest BCUT2D eigenvalue weighted by molar-refractivity contribution is -0.120. The van der Waals surface area contributed by atoms with Crippen molar-refractivity contribution in [3.63, 3.8) is 0 Å². The van der Waals surface area contributed by atoms with E-state index in [0.717, 1.165) is 0 Å². The van der Waals surface area contributed by atoms with Crippen molar-refractivity contribution in [1.29, 1.82) is 5.26 Å². The number of hydrogen-bond acceptors (Lipinski definition) is 3. The zero-order chi connectivity index (χ0) is 12.0. The van der Waals surface area contributed by atoms with Gasteiger partial charge in [0.1, 0.15) is 6.42 Å². The highest BCUT2D eigenvalue weighted by Crippen LogP contribution is 2.21. The molecule has 16 heavy (non-hydrogen) atoms. The van der Waals surface area contributed by atoms with Crippen LogP contribution in [0.15, 0.2) is 23.3 Å². The van der Waals surface area contributed by atoms with Crippen LogP contribution in [0.2, 0.25) is 10.0 Å². The zero-order valence-corrected chi connectivity index (χ0v) is 9.59. The van der Waals surface area contributed by atoms with Crippen molar-refractivity contribution in [2.75, 3.05) is 0 Å². The first kappa shape index (κ1) is 12.5. The van der Waals surface area contributed by atoms with Gasteiger partial charge in [0.2, 0.25) is 0 Å². The van der Waals surface area contributed by atoms with Gasteiger partial charge in [-0.05, 0) is 17.7 Å². The summed E-state index contributed by atoms with van der Waals surface area (Å²) in [6, 6.07) is 6.65. The molecule has 0 aliphatic carbocycles. The van der Waals surface area contributed by atoms with Crippen LogP contribution in [0.5, 0.6) is 0 Å². The molecule has 1 N–H and O–H groups in total. The van der Waals surface area contributed by atoms with Gasteiger partial charge in [0.25, 0.3) is 5.91 Å². The molecule has 0 spiro atoms. The standard InChI is InChI=1S/C10H7Cl2N3O/c11-8-2-1-7(5-9(8)12)6-14-15-10(16)3-4-13/h1-2,5-6H,3H2,(H,15,16)/b14-6-. The predicted molar refractivity (Wildman–Crippen MR) is 62.4 cm³/mol. The molecule has 4 nitrogen and oxygen atoms in total. The Balaban J connectivity index is 2.60. The summed E-state index contributed by atoms with van der Waals surface area (Å²) in [7, 11) is 0. The van der Waals surface area contributed by atoms with Crippen LogP contribution in [0.1, 0.15) is 12.0 Å². The first-order valence-electron chi connectivity index (χ1n) is 4.27. The number of nitrogens with zero attached hydrogens (tertiary/aromatic N) is 2. The molecule has 1 aromatic rings. The Bertz CT molecular complexity index is 466. The maximum absolute atomic E-state index is 10.9. The summed E-state index contributed by atoms with van der Waals surface area (Å²) in [6.07, 6.45) is 1.19. The van der Waals surface area contributed by atoms with E-state index in [4.69, 9.17) is 28.5 Å². The van der Waals surface area contributed by atoms with Crippen LogP contribution in [-0.2, 0) is 4.79 Å².